The van der Waals surface area contributed by atoms with E-state index in [1.165, 1.54) is 18.5 Å². The molecular weight excluding hydrogens is 267 g/mol. The quantitative estimate of drug-likeness (QED) is 0.722. The van der Waals surface area contributed by atoms with E-state index in [2.05, 4.69) is 15.3 Å². The molecule has 5 heteroatoms. The maximum absolute atomic E-state index is 13.1. The third-order valence-corrected chi connectivity index (χ3v) is 3.25. The van der Waals surface area contributed by atoms with Crippen LogP contribution in [0.4, 0.5) is 15.9 Å². The van der Waals surface area contributed by atoms with Gasteiger partial charge in [-0.25, -0.2) is 14.4 Å². The molecule has 1 heterocycles. The number of nitrogen functional groups attached to an aromatic ring is 1. The molecule has 0 amide bonds. The minimum atomic E-state index is -0.215. The normalized spacial score (nSPS) is 10.7. The van der Waals surface area contributed by atoms with Crippen LogP contribution in [0.25, 0.3) is 10.9 Å². The number of nitrogens with one attached hydrogen (secondary N) is 1. The van der Waals surface area contributed by atoms with Gasteiger partial charge in [-0.1, -0.05) is 12.1 Å². The lowest BCUT2D eigenvalue weighted by atomic mass is 10.1. The summed E-state index contributed by atoms with van der Waals surface area (Å²) in [5, 5.41) is 4.14. The molecule has 3 aromatic rings. The minimum absolute atomic E-state index is 0.215. The number of nitrogens with two attached hydrogens (primary N) is 1. The molecule has 106 valence electrons. The predicted octanol–water partition coefficient (Wildman–Crippen LogP) is 3.01. The second-order valence-corrected chi connectivity index (χ2v) is 4.81. The van der Waals surface area contributed by atoms with Crippen molar-refractivity contribution in [1.82, 2.24) is 9.97 Å². The van der Waals surface area contributed by atoms with Crippen LogP contribution in [0.3, 0.4) is 0 Å². The van der Waals surface area contributed by atoms with Gasteiger partial charge in [-0.3, -0.25) is 0 Å². The second-order valence-electron chi connectivity index (χ2n) is 4.81. The predicted molar refractivity (Wildman–Crippen MR) is 82.5 cm³/mol. The Bertz CT molecular complexity index is 773. The van der Waals surface area contributed by atoms with Crippen LogP contribution in [-0.2, 0) is 6.42 Å². The highest BCUT2D eigenvalue weighted by Gasteiger charge is 2.04. The Morgan fingerprint density at radius 1 is 1.10 bits per heavy atom. The van der Waals surface area contributed by atoms with E-state index in [1.54, 1.807) is 6.07 Å². The SMILES string of the molecule is Nc1ccc2ncnc(NCCc3cccc(F)c3)c2c1. The highest BCUT2D eigenvalue weighted by molar-refractivity contribution is 5.91. The molecule has 0 aliphatic carbocycles. The Labute approximate surface area is 121 Å². The first kappa shape index (κ1) is 13.3. The molecular formula is C16H15FN4. The van der Waals surface area contributed by atoms with E-state index in [0.29, 0.717) is 18.7 Å². The number of fused-ring (bicyclic) bond motifs is 1. The van der Waals surface area contributed by atoms with Crippen LogP contribution in [0.1, 0.15) is 5.56 Å². The van der Waals surface area contributed by atoms with E-state index in [-0.39, 0.29) is 5.82 Å². The fourth-order valence-corrected chi connectivity index (χ4v) is 2.23. The van der Waals surface area contributed by atoms with Crippen molar-refractivity contribution in [3.8, 4) is 0 Å². The van der Waals surface area contributed by atoms with Gasteiger partial charge in [0.15, 0.2) is 0 Å². The van der Waals surface area contributed by atoms with Crippen molar-refractivity contribution in [2.75, 3.05) is 17.6 Å². The average Bonchev–Trinajstić information content (AvgIpc) is 2.48. The van der Waals surface area contributed by atoms with Gasteiger partial charge in [0.25, 0.3) is 0 Å². The van der Waals surface area contributed by atoms with Crippen molar-refractivity contribution < 1.29 is 4.39 Å². The third kappa shape index (κ3) is 3.08. The highest BCUT2D eigenvalue weighted by atomic mass is 19.1. The number of halogens is 1. The number of benzene rings is 2. The van der Waals surface area contributed by atoms with Crippen LogP contribution in [0.2, 0.25) is 0 Å². The Morgan fingerprint density at radius 2 is 2.00 bits per heavy atom. The smallest absolute Gasteiger partial charge is 0.137 e. The molecule has 0 fully saturated rings. The maximum Gasteiger partial charge on any atom is 0.137 e. The lowest BCUT2D eigenvalue weighted by Gasteiger charge is -2.09. The summed E-state index contributed by atoms with van der Waals surface area (Å²) in [5.41, 5.74) is 8.26. The van der Waals surface area contributed by atoms with E-state index in [1.807, 2.05) is 24.3 Å². The highest BCUT2D eigenvalue weighted by Crippen LogP contribution is 2.21. The molecule has 2 aromatic carbocycles. The van der Waals surface area contributed by atoms with Gasteiger partial charge < -0.3 is 11.1 Å². The number of anilines is 2. The standard InChI is InChI=1S/C16H15FN4/c17-12-3-1-2-11(8-12)6-7-19-16-14-9-13(18)4-5-15(14)20-10-21-16/h1-5,8-10H,6-7,18H2,(H,19,20,21). The largest absolute Gasteiger partial charge is 0.399 e. The lowest BCUT2D eigenvalue weighted by molar-refractivity contribution is 0.625. The van der Waals surface area contributed by atoms with Gasteiger partial charge in [0.1, 0.15) is 18.0 Å². The first-order valence-corrected chi connectivity index (χ1v) is 6.71. The van der Waals surface area contributed by atoms with E-state index in [9.17, 15) is 4.39 Å². The minimum Gasteiger partial charge on any atom is -0.399 e. The summed E-state index contributed by atoms with van der Waals surface area (Å²) >= 11 is 0. The van der Waals surface area contributed by atoms with Gasteiger partial charge >= 0.3 is 0 Å². The van der Waals surface area contributed by atoms with Crippen LogP contribution >= 0.6 is 0 Å². The van der Waals surface area contributed by atoms with E-state index < -0.39 is 0 Å². The molecule has 1 aromatic heterocycles. The molecule has 0 bridgehead atoms. The van der Waals surface area contributed by atoms with Crippen LogP contribution in [0, 0.1) is 5.82 Å². The summed E-state index contributed by atoms with van der Waals surface area (Å²) in [6.07, 6.45) is 2.23. The Balaban J connectivity index is 1.75. The maximum atomic E-state index is 13.1. The molecule has 3 N–H and O–H groups in total. The first-order chi connectivity index (χ1) is 10.2. The Morgan fingerprint density at radius 3 is 2.86 bits per heavy atom. The van der Waals surface area contributed by atoms with Crippen LogP contribution in [0.5, 0.6) is 0 Å². The van der Waals surface area contributed by atoms with E-state index in [0.717, 1.165) is 22.3 Å². The van der Waals surface area contributed by atoms with Crippen LogP contribution < -0.4 is 11.1 Å². The summed E-state index contributed by atoms with van der Waals surface area (Å²) in [7, 11) is 0. The van der Waals surface area contributed by atoms with Crippen molar-refractivity contribution in [2.24, 2.45) is 0 Å². The van der Waals surface area contributed by atoms with Gasteiger partial charge in [0.05, 0.1) is 5.52 Å². The Kier molecular flexibility index (Phi) is 3.64. The monoisotopic (exact) mass is 282 g/mol. The van der Waals surface area contributed by atoms with Crippen molar-refractivity contribution in [3.63, 3.8) is 0 Å². The van der Waals surface area contributed by atoms with Crippen molar-refractivity contribution >= 4 is 22.4 Å². The topological polar surface area (TPSA) is 63.8 Å². The number of hydrogen-bond donors (Lipinski definition) is 2. The van der Waals surface area contributed by atoms with Gasteiger partial charge in [-0.05, 0) is 42.3 Å². The first-order valence-electron chi connectivity index (χ1n) is 6.71. The van der Waals surface area contributed by atoms with Gasteiger partial charge in [-0.15, -0.1) is 0 Å². The number of aromatic nitrogens is 2. The van der Waals surface area contributed by atoms with Crippen molar-refractivity contribution in [3.05, 3.63) is 60.2 Å². The Hall–Kier alpha value is -2.69. The zero-order chi connectivity index (χ0) is 14.7. The zero-order valence-corrected chi connectivity index (χ0v) is 11.4. The molecule has 4 nitrogen and oxygen atoms in total. The summed E-state index contributed by atoms with van der Waals surface area (Å²) < 4.78 is 13.1. The summed E-state index contributed by atoms with van der Waals surface area (Å²) in [6.45, 7) is 0.657. The van der Waals surface area contributed by atoms with Gasteiger partial charge in [0, 0.05) is 17.6 Å². The van der Waals surface area contributed by atoms with E-state index in [4.69, 9.17) is 5.73 Å². The molecule has 0 aliphatic rings. The second kappa shape index (κ2) is 5.75. The molecule has 0 saturated carbocycles. The van der Waals surface area contributed by atoms with E-state index >= 15 is 0 Å². The summed E-state index contributed by atoms with van der Waals surface area (Å²) in [5.74, 6) is 0.525. The fourth-order valence-electron chi connectivity index (χ4n) is 2.23. The van der Waals surface area contributed by atoms with Crippen LogP contribution in [-0.4, -0.2) is 16.5 Å². The number of nitrogens with zero attached hydrogens (tertiary/aromatic N) is 2. The van der Waals surface area contributed by atoms with Crippen molar-refractivity contribution in [1.29, 1.82) is 0 Å². The lowest BCUT2D eigenvalue weighted by Crippen LogP contribution is -2.07. The zero-order valence-electron chi connectivity index (χ0n) is 11.4. The number of hydrogen-bond acceptors (Lipinski definition) is 4. The fraction of sp³-hybridized carbons (Fsp3) is 0.125. The van der Waals surface area contributed by atoms with Crippen molar-refractivity contribution in [2.45, 2.75) is 6.42 Å². The molecule has 0 radical (unpaired) electrons. The molecule has 0 unspecified atom stereocenters. The third-order valence-electron chi connectivity index (χ3n) is 3.25. The molecule has 0 aliphatic heterocycles. The average molecular weight is 282 g/mol. The molecule has 21 heavy (non-hydrogen) atoms. The van der Waals surface area contributed by atoms with Crippen LogP contribution in [0.15, 0.2) is 48.8 Å². The van der Waals surface area contributed by atoms with Gasteiger partial charge in [-0.2, -0.15) is 0 Å². The summed E-state index contributed by atoms with van der Waals surface area (Å²) in [6, 6.07) is 12.1. The van der Waals surface area contributed by atoms with Gasteiger partial charge in [0.2, 0.25) is 0 Å². The molecule has 3 rings (SSSR count). The summed E-state index contributed by atoms with van der Waals surface area (Å²) in [4.78, 5) is 8.45. The number of rotatable bonds is 4. The molecule has 0 spiro atoms. The molecule has 0 atom stereocenters. The molecule has 0 saturated heterocycles.